The van der Waals surface area contributed by atoms with Crippen LogP contribution in [0.2, 0.25) is 0 Å². The van der Waals surface area contributed by atoms with Crippen LogP contribution in [0.25, 0.3) is 10.4 Å². The number of nitrogens with zero attached hydrogens (tertiary/aromatic N) is 2. The molecule has 6 nitrogen and oxygen atoms in total. The van der Waals surface area contributed by atoms with Gasteiger partial charge in [0, 0.05) is 24.5 Å². The molecule has 2 aromatic carbocycles. The summed E-state index contributed by atoms with van der Waals surface area (Å²) in [6, 6.07) is 19.4. The molecule has 0 amide bonds. The Labute approximate surface area is 186 Å². The summed E-state index contributed by atoms with van der Waals surface area (Å²) in [6.45, 7) is 2.27. The summed E-state index contributed by atoms with van der Waals surface area (Å²) >= 11 is 1.59. The van der Waals surface area contributed by atoms with Crippen LogP contribution in [0, 0.1) is 11.3 Å². The zero-order valence-electron chi connectivity index (χ0n) is 16.8. The van der Waals surface area contributed by atoms with Gasteiger partial charge in [-0.3, -0.25) is 4.90 Å². The minimum absolute atomic E-state index is 0.305. The third-order valence-electron chi connectivity index (χ3n) is 5.95. The lowest BCUT2D eigenvalue weighted by atomic mass is 9.96. The number of piperidine rings is 1. The molecule has 2 aliphatic rings. The fourth-order valence-electron chi connectivity index (χ4n) is 4.36. The molecule has 0 atom stereocenters. The quantitative estimate of drug-likeness (QED) is 0.630. The lowest BCUT2D eigenvalue weighted by Gasteiger charge is -2.45. The van der Waals surface area contributed by atoms with Crippen LogP contribution in [0.1, 0.15) is 24.0 Å². The van der Waals surface area contributed by atoms with E-state index < -0.39 is 15.7 Å². The van der Waals surface area contributed by atoms with Crippen molar-refractivity contribution in [3.8, 4) is 16.5 Å². The molecule has 1 spiro atoms. The largest absolute Gasteiger partial charge is 0.365 e. The van der Waals surface area contributed by atoms with E-state index in [4.69, 9.17) is 5.26 Å². The summed E-state index contributed by atoms with van der Waals surface area (Å²) < 4.78 is 29.2. The van der Waals surface area contributed by atoms with Crippen molar-refractivity contribution in [2.75, 3.05) is 18.4 Å². The standard InChI is InChI=1S/C23H22N4O2S2/c24-15-17-3-1-4-18(13-17)16-27-10-8-23(9-11-27)25-20-7-6-19(21-5-2-12-30-21)14-22(20)31(28,29)26-23/h1-7,12-14,25-26H,8-11,16H2. The third-order valence-corrected chi connectivity index (χ3v) is 8.45. The Morgan fingerprint density at radius 3 is 2.68 bits per heavy atom. The number of sulfonamides is 1. The molecule has 3 aromatic rings. The van der Waals surface area contributed by atoms with Crippen LogP contribution in [0.4, 0.5) is 5.69 Å². The molecule has 2 aliphatic heterocycles. The van der Waals surface area contributed by atoms with E-state index >= 15 is 0 Å². The van der Waals surface area contributed by atoms with Gasteiger partial charge in [0.2, 0.25) is 10.0 Å². The second-order valence-corrected chi connectivity index (χ2v) is 10.7. The van der Waals surface area contributed by atoms with Gasteiger partial charge in [0.25, 0.3) is 0 Å². The molecule has 8 heteroatoms. The first-order valence-electron chi connectivity index (χ1n) is 10.2. The molecule has 0 saturated carbocycles. The highest BCUT2D eigenvalue weighted by molar-refractivity contribution is 7.89. The Bertz CT molecular complexity index is 1250. The number of likely N-dealkylation sites (tertiary alicyclic amines) is 1. The number of rotatable bonds is 3. The SMILES string of the molecule is N#Cc1cccc(CN2CCC3(CC2)Nc2ccc(-c4cccs4)cc2S(=O)(=O)N3)c1. The van der Waals surface area contributed by atoms with Crippen LogP contribution in [0.5, 0.6) is 0 Å². The van der Waals surface area contributed by atoms with Crippen molar-refractivity contribution in [3.63, 3.8) is 0 Å². The highest BCUT2D eigenvalue weighted by atomic mass is 32.2. The topological polar surface area (TPSA) is 85.2 Å². The normalized spacial score (nSPS) is 19.3. The molecule has 3 heterocycles. The van der Waals surface area contributed by atoms with Crippen LogP contribution in [0.15, 0.2) is 64.9 Å². The molecule has 0 unspecified atom stereocenters. The van der Waals surface area contributed by atoms with Crippen molar-refractivity contribution >= 4 is 27.0 Å². The Morgan fingerprint density at radius 2 is 1.94 bits per heavy atom. The van der Waals surface area contributed by atoms with Crippen LogP contribution in [-0.2, 0) is 16.6 Å². The molecule has 0 radical (unpaired) electrons. The van der Waals surface area contributed by atoms with Gasteiger partial charge in [0.1, 0.15) is 10.6 Å². The minimum Gasteiger partial charge on any atom is -0.365 e. The molecule has 2 N–H and O–H groups in total. The van der Waals surface area contributed by atoms with E-state index in [1.165, 1.54) is 0 Å². The van der Waals surface area contributed by atoms with E-state index in [0.29, 0.717) is 29.0 Å². The number of hydrogen-bond acceptors (Lipinski definition) is 6. The summed E-state index contributed by atoms with van der Waals surface area (Å²) in [5.74, 6) is 0. The van der Waals surface area contributed by atoms with Gasteiger partial charge in [-0.15, -0.1) is 11.3 Å². The molecular formula is C23H22N4O2S2. The first-order chi connectivity index (χ1) is 15.0. The van der Waals surface area contributed by atoms with Crippen LogP contribution < -0.4 is 10.0 Å². The lowest BCUT2D eigenvalue weighted by molar-refractivity contribution is 0.159. The second-order valence-electron chi connectivity index (χ2n) is 8.09. The smallest absolute Gasteiger partial charge is 0.244 e. The maximum absolute atomic E-state index is 13.1. The van der Waals surface area contributed by atoms with E-state index in [1.54, 1.807) is 23.5 Å². The Kier molecular flexibility index (Phi) is 5.07. The molecule has 1 fully saturated rings. The van der Waals surface area contributed by atoms with Gasteiger partial charge in [-0.25, -0.2) is 8.42 Å². The van der Waals surface area contributed by atoms with Gasteiger partial charge in [-0.05, 0) is 59.7 Å². The number of nitrogens with one attached hydrogen (secondary N) is 2. The Balaban J connectivity index is 1.33. The molecule has 158 valence electrons. The molecule has 1 aromatic heterocycles. The second kappa shape index (κ2) is 7.77. The maximum Gasteiger partial charge on any atom is 0.244 e. The highest BCUT2D eigenvalue weighted by Crippen LogP contribution is 2.38. The van der Waals surface area contributed by atoms with Crippen molar-refractivity contribution in [1.29, 1.82) is 5.26 Å². The maximum atomic E-state index is 13.1. The van der Waals surface area contributed by atoms with Gasteiger partial charge in [0.15, 0.2) is 0 Å². The van der Waals surface area contributed by atoms with E-state index in [9.17, 15) is 8.42 Å². The van der Waals surface area contributed by atoms with Crippen molar-refractivity contribution in [2.24, 2.45) is 0 Å². The summed E-state index contributed by atoms with van der Waals surface area (Å²) in [6.07, 6.45) is 1.33. The van der Waals surface area contributed by atoms with Gasteiger partial charge < -0.3 is 5.32 Å². The number of nitriles is 1. The van der Waals surface area contributed by atoms with Crippen LogP contribution >= 0.6 is 11.3 Å². The number of benzene rings is 2. The molecule has 0 aliphatic carbocycles. The summed E-state index contributed by atoms with van der Waals surface area (Å²) in [4.78, 5) is 3.65. The number of fused-ring (bicyclic) bond motifs is 1. The molecular weight excluding hydrogens is 428 g/mol. The van der Waals surface area contributed by atoms with Crippen molar-refractivity contribution in [2.45, 2.75) is 29.9 Å². The Hall–Kier alpha value is -2.70. The van der Waals surface area contributed by atoms with Crippen molar-refractivity contribution in [3.05, 3.63) is 71.1 Å². The summed E-state index contributed by atoms with van der Waals surface area (Å²) in [5.41, 5.74) is 2.66. The van der Waals surface area contributed by atoms with Crippen LogP contribution in [0.3, 0.4) is 0 Å². The van der Waals surface area contributed by atoms with Gasteiger partial charge in [0.05, 0.1) is 17.3 Å². The zero-order valence-corrected chi connectivity index (χ0v) is 18.5. The summed E-state index contributed by atoms with van der Waals surface area (Å²) in [5, 5.41) is 14.6. The van der Waals surface area contributed by atoms with E-state index in [-0.39, 0.29) is 0 Å². The van der Waals surface area contributed by atoms with Crippen molar-refractivity contribution in [1.82, 2.24) is 9.62 Å². The fraction of sp³-hybridized carbons (Fsp3) is 0.261. The molecule has 1 saturated heterocycles. The number of hydrogen-bond donors (Lipinski definition) is 2. The minimum atomic E-state index is -3.61. The fourth-order valence-corrected chi connectivity index (χ4v) is 6.65. The third kappa shape index (κ3) is 3.98. The molecule has 0 bridgehead atoms. The first kappa shape index (κ1) is 20.2. The van der Waals surface area contributed by atoms with Crippen LogP contribution in [-0.4, -0.2) is 32.1 Å². The monoisotopic (exact) mass is 450 g/mol. The van der Waals surface area contributed by atoms with Gasteiger partial charge in [-0.1, -0.05) is 24.3 Å². The van der Waals surface area contributed by atoms with Crippen molar-refractivity contribution < 1.29 is 8.42 Å². The highest BCUT2D eigenvalue weighted by Gasteiger charge is 2.43. The van der Waals surface area contributed by atoms with Gasteiger partial charge >= 0.3 is 0 Å². The average Bonchev–Trinajstić information content (AvgIpc) is 3.30. The van der Waals surface area contributed by atoms with E-state index in [1.807, 2.05) is 47.8 Å². The average molecular weight is 451 g/mol. The first-order valence-corrected chi connectivity index (χ1v) is 12.5. The number of anilines is 1. The predicted octanol–water partition coefficient (Wildman–Crippen LogP) is 3.98. The predicted molar refractivity (Wildman–Crippen MR) is 122 cm³/mol. The van der Waals surface area contributed by atoms with E-state index in [2.05, 4.69) is 21.0 Å². The van der Waals surface area contributed by atoms with Gasteiger partial charge in [-0.2, -0.15) is 9.98 Å². The molecule has 5 rings (SSSR count). The molecule has 31 heavy (non-hydrogen) atoms. The lowest BCUT2D eigenvalue weighted by Crippen LogP contribution is -2.61. The Morgan fingerprint density at radius 1 is 1.10 bits per heavy atom. The zero-order chi connectivity index (χ0) is 21.5. The van der Waals surface area contributed by atoms with E-state index in [0.717, 1.165) is 35.6 Å². The summed E-state index contributed by atoms with van der Waals surface area (Å²) in [7, 11) is -3.61. The number of thiophene rings is 1.